The van der Waals surface area contributed by atoms with Crippen molar-refractivity contribution in [3.8, 4) is 11.1 Å². The van der Waals surface area contributed by atoms with Crippen LogP contribution in [0.5, 0.6) is 0 Å². The molecule has 188 valence electrons. The normalized spacial score (nSPS) is 14.4. The summed E-state index contributed by atoms with van der Waals surface area (Å²) >= 11 is 6.50. The second-order valence-corrected chi connectivity index (χ2v) is 8.96. The SMILES string of the molecule is CC(Nc1c(Cl)cnc2ccc(-c3cnc(N4CCNC(=O)C4)nc3)cc12)c1nc(C(N)=O)ccc1F. The zero-order valence-electron chi connectivity index (χ0n) is 19.7. The number of rotatable bonds is 6. The number of halogens is 2. The molecule has 37 heavy (non-hydrogen) atoms. The molecule has 1 atom stereocenters. The zero-order chi connectivity index (χ0) is 26.1. The van der Waals surface area contributed by atoms with Gasteiger partial charge in [-0.3, -0.25) is 14.6 Å². The molecule has 0 aliphatic carbocycles. The summed E-state index contributed by atoms with van der Waals surface area (Å²) in [6.07, 6.45) is 4.89. The van der Waals surface area contributed by atoms with E-state index in [2.05, 4.69) is 30.6 Å². The maximum atomic E-state index is 14.5. The average Bonchev–Trinajstić information content (AvgIpc) is 2.90. The molecule has 1 aliphatic rings. The molecule has 0 spiro atoms. The highest BCUT2D eigenvalue weighted by molar-refractivity contribution is 6.34. The fourth-order valence-corrected chi connectivity index (χ4v) is 4.33. The Bertz CT molecular complexity index is 1520. The van der Waals surface area contributed by atoms with Crippen molar-refractivity contribution >= 4 is 46.0 Å². The van der Waals surface area contributed by atoms with E-state index in [4.69, 9.17) is 17.3 Å². The summed E-state index contributed by atoms with van der Waals surface area (Å²) < 4.78 is 14.5. The fourth-order valence-electron chi connectivity index (χ4n) is 4.12. The minimum atomic E-state index is -0.748. The standard InChI is InChI=1S/C25H22ClFN8O2/c1-13(22-18(27)3-5-20(34-22)24(28)37)33-23-16-8-14(2-4-19(16)30-11-17(23)26)15-9-31-25(32-10-15)35-7-6-29-21(36)12-35/h2-5,8-11,13H,6-7,12H2,1H3,(H2,28,37)(H,29,36)(H,30,33). The van der Waals surface area contributed by atoms with Crippen molar-refractivity contribution in [3.05, 3.63) is 71.2 Å². The first-order valence-electron chi connectivity index (χ1n) is 11.5. The van der Waals surface area contributed by atoms with Crippen molar-refractivity contribution in [2.45, 2.75) is 13.0 Å². The Hall–Kier alpha value is -4.38. The second kappa shape index (κ2) is 9.94. The van der Waals surface area contributed by atoms with Gasteiger partial charge in [0.15, 0.2) is 0 Å². The van der Waals surface area contributed by atoms with Crippen LogP contribution in [0.15, 0.2) is 48.9 Å². The molecule has 12 heteroatoms. The Morgan fingerprint density at radius 2 is 1.95 bits per heavy atom. The average molecular weight is 521 g/mol. The highest BCUT2D eigenvalue weighted by Gasteiger charge is 2.20. The molecule has 4 aromatic rings. The summed E-state index contributed by atoms with van der Waals surface area (Å²) in [6.45, 7) is 3.10. The molecule has 0 radical (unpaired) electrons. The number of hydrogen-bond acceptors (Lipinski definition) is 8. The molecule has 2 amide bonds. The van der Waals surface area contributed by atoms with Crippen LogP contribution < -0.4 is 21.3 Å². The molecular formula is C25H22ClFN8O2. The molecule has 10 nitrogen and oxygen atoms in total. The number of nitrogens with one attached hydrogen (secondary N) is 2. The Kier molecular flexibility index (Phi) is 6.53. The van der Waals surface area contributed by atoms with Crippen molar-refractivity contribution < 1.29 is 14.0 Å². The van der Waals surface area contributed by atoms with E-state index >= 15 is 0 Å². The van der Waals surface area contributed by atoms with Gasteiger partial charge in [0.05, 0.1) is 34.5 Å². The van der Waals surface area contributed by atoms with Gasteiger partial charge in [-0.25, -0.2) is 19.3 Å². The summed E-state index contributed by atoms with van der Waals surface area (Å²) in [6, 6.07) is 7.37. The number of benzene rings is 1. The predicted molar refractivity (Wildman–Crippen MR) is 138 cm³/mol. The number of nitrogens with zero attached hydrogens (tertiary/aromatic N) is 5. The lowest BCUT2D eigenvalue weighted by Gasteiger charge is -2.26. The van der Waals surface area contributed by atoms with Gasteiger partial charge in [-0.1, -0.05) is 17.7 Å². The van der Waals surface area contributed by atoms with Crippen LogP contribution in [-0.4, -0.2) is 51.4 Å². The van der Waals surface area contributed by atoms with Gasteiger partial charge >= 0.3 is 0 Å². The molecule has 0 bridgehead atoms. The summed E-state index contributed by atoms with van der Waals surface area (Å²) in [7, 11) is 0. The smallest absolute Gasteiger partial charge is 0.267 e. The van der Waals surface area contributed by atoms with Crippen LogP contribution in [0.1, 0.15) is 29.1 Å². The minimum absolute atomic E-state index is 0.0314. The van der Waals surface area contributed by atoms with Crippen LogP contribution in [-0.2, 0) is 4.79 Å². The first kappa shape index (κ1) is 24.3. The number of anilines is 2. The third kappa shape index (κ3) is 4.98. The molecule has 1 fully saturated rings. The quantitative estimate of drug-likeness (QED) is 0.352. The van der Waals surface area contributed by atoms with Gasteiger partial charge in [-0.2, -0.15) is 0 Å². The minimum Gasteiger partial charge on any atom is -0.375 e. The van der Waals surface area contributed by atoms with Crippen LogP contribution >= 0.6 is 11.6 Å². The van der Waals surface area contributed by atoms with E-state index < -0.39 is 17.8 Å². The van der Waals surface area contributed by atoms with Crippen LogP contribution in [0, 0.1) is 5.82 Å². The van der Waals surface area contributed by atoms with E-state index in [9.17, 15) is 14.0 Å². The molecular weight excluding hydrogens is 499 g/mol. The largest absolute Gasteiger partial charge is 0.375 e. The van der Waals surface area contributed by atoms with Crippen molar-refractivity contribution in [2.24, 2.45) is 5.73 Å². The summed E-state index contributed by atoms with van der Waals surface area (Å²) in [5.41, 5.74) is 8.07. The highest BCUT2D eigenvalue weighted by Crippen LogP contribution is 2.35. The third-order valence-corrected chi connectivity index (χ3v) is 6.30. The number of amides is 2. The summed E-state index contributed by atoms with van der Waals surface area (Å²) in [5, 5.41) is 7.01. The lowest BCUT2D eigenvalue weighted by Crippen LogP contribution is -2.48. The van der Waals surface area contributed by atoms with Crippen molar-refractivity contribution in [1.82, 2.24) is 25.3 Å². The first-order valence-corrected chi connectivity index (χ1v) is 11.8. The van der Waals surface area contributed by atoms with Crippen LogP contribution in [0.25, 0.3) is 22.0 Å². The molecule has 0 saturated carbocycles. The van der Waals surface area contributed by atoms with E-state index in [1.54, 1.807) is 19.3 Å². The summed E-state index contributed by atoms with van der Waals surface area (Å²) in [4.78, 5) is 42.4. The zero-order valence-corrected chi connectivity index (χ0v) is 20.5. The molecule has 3 aromatic heterocycles. The van der Waals surface area contributed by atoms with Gasteiger partial charge in [0.1, 0.15) is 11.5 Å². The van der Waals surface area contributed by atoms with Gasteiger partial charge in [0.25, 0.3) is 5.91 Å². The number of piperazine rings is 1. The van der Waals surface area contributed by atoms with E-state index in [0.717, 1.165) is 17.2 Å². The van der Waals surface area contributed by atoms with E-state index in [-0.39, 0.29) is 23.8 Å². The Morgan fingerprint density at radius 1 is 1.16 bits per heavy atom. The molecule has 1 aliphatic heterocycles. The Labute approximate surface area is 216 Å². The van der Waals surface area contributed by atoms with Gasteiger partial charge in [-0.05, 0) is 36.8 Å². The topological polar surface area (TPSA) is 139 Å². The number of carbonyl (C=O) groups is 2. The van der Waals surface area contributed by atoms with E-state index in [1.807, 2.05) is 23.1 Å². The van der Waals surface area contributed by atoms with Gasteiger partial charge in [0, 0.05) is 42.6 Å². The van der Waals surface area contributed by atoms with Crippen LogP contribution in [0.3, 0.4) is 0 Å². The second-order valence-electron chi connectivity index (χ2n) is 8.55. The summed E-state index contributed by atoms with van der Waals surface area (Å²) in [5.74, 6) is -0.914. The predicted octanol–water partition coefficient (Wildman–Crippen LogP) is 3.09. The number of hydrogen-bond donors (Lipinski definition) is 3. The highest BCUT2D eigenvalue weighted by atomic mass is 35.5. The molecule has 1 aromatic carbocycles. The monoisotopic (exact) mass is 520 g/mol. The number of primary amides is 1. The van der Waals surface area contributed by atoms with Crippen LogP contribution in [0.2, 0.25) is 5.02 Å². The van der Waals surface area contributed by atoms with Crippen molar-refractivity contribution in [3.63, 3.8) is 0 Å². The van der Waals surface area contributed by atoms with Crippen LogP contribution in [0.4, 0.5) is 16.0 Å². The van der Waals surface area contributed by atoms with Gasteiger partial charge in [0.2, 0.25) is 11.9 Å². The molecule has 4 N–H and O–H groups in total. The molecule has 4 heterocycles. The Morgan fingerprint density at radius 3 is 2.68 bits per heavy atom. The maximum Gasteiger partial charge on any atom is 0.267 e. The fraction of sp³-hybridized carbons (Fsp3) is 0.200. The molecule has 5 rings (SSSR count). The van der Waals surface area contributed by atoms with E-state index in [0.29, 0.717) is 40.7 Å². The van der Waals surface area contributed by atoms with Crippen molar-refractivity contribution in [1.29, 1.82) is 0 Å². The number of aromatic nitrogens is 4. The maximum absolute atomic E-state index is 14.5. The van der Waals surface area contributed by atoms with Crippen molar-refractivity contribution in [2.75, 3.05) is 29.9 Å². The van der Waals surface area contributed by atoms with Gasteiger partial charge < -0.3 is 21.3 Å². The lowest BCUT2D eigenvalue weighted by atomic mass is 10.0. The van der Waals surface area contributed by atoms with E-state index in [1.165, 1.54) is 12.3 Å². The first-order chi connectivity index (χ1) is 17.8. The number of nitrogens with two attached hydrogens (primary N) is 1. The third-order valence-electron chi connectivity index (χ3n) is 6.01. The number of fused-ring (bicyclic) bond motifs is 1. The van der Waals surface area contributed by atoms with Gasteiger partial charge in [-0.15, -0.1) is 0 Å². The number of pyridine rings is 2. The molecule has 1 saturated heterocycles. The Balaban J connectivity index is 1.47. The number of carbonyl (C=O) groups excluding carboxylic acids is 2. The molecule has 1 unspecified atom stereocenters. The lowest BCUT2D eigenvalue weighted by molar-refractivity contribution is -0.120.